The highest BCUT2D eigenvalue weighted by atomic mass is 32.1. The minimum absolute atomic E-state index is 0.350. The Morgan fingerprint density at radius 2 is 2.19 bits per heavy atom. The van der Waals surface area contributed by atoms with Gasteiger partial charge in [0.15, 0.2) is 0 Å². The third-order valence-corrected chi connectivity index (χ3v) is 4.95. The maximum absolute atomic E-state index is 11.4. The Morgan fingerprint density at radius 1 is 1.56 bits per heavy atom. The van der Waals surface area contributed by atoms with E-state index in [4.69, 9.17) is 4.74 Å². The van der Waals surface area contributed by atoms with E-state index in [1.54, 1.807) is 25.2 Å². The molecule has 0 saturated carbocycles. The molecule has 0 spiro atoms. The molecule has 1 fully saturated rings. The van der Waals surface area contributed by atoms with Gasteiger partial charge in [-0.05, 0) is 37.8 Å². The summed E-state index contributed by atoms with van der Waals surface area (Å²) in [5.41, 5.74) is 0.0282. The fourth-order valence-corrected chi connectivity index (χ4v) is 3.41. The van der Waals surface area contributed by atoms with Crippen molar-refractivity contribution in [3.63, 3.8) is 0 Å². The minimum atomic E-state index is -0.791. The number of hydrogen-bond acceptors (Lipinski definition) is 3. The van der Waals surface area contributed by atoms with Gasteiger partial charge >= 0.3 is 5.97 Å². The molecule has 16 heavy (non-hydrogen) atoms. The van der Waals surface area contributed by atoms with Gasteiger partial charge in [-0.3, -0.25) is 4.79 Å². The second-order valence-electron chi connectivity index (χ2n) is 4.94. The summed E-state index contributed by atoms with van der Waals surface area (Å²) in [6.45, 7) is 6.62. The maximum atomic E-state index is 11.4. The predicted octanol–water partition coefficient (Wildman–Crippen LogP) is 2.44. The summed E-state index contributed by atoms with van der Waals surface area (Å²) in [7, 11) is 0. The fourth-order valence-electron chi connectivity index (χ4n) is 2.15. The van der Waals surface area contributed by atoms with Crippen LogP contribution < -0.4 is 0 Å². The maximum Gasteiger partial charge on any atom is 0.310 e. The van der Waals surface area contributed by atoms with Gasteiger partial charge in [0.25, 0.3) is 0 Å². The summed E-state index contributed by atoms with van der Waals surface area (Å²) in [5.74, 6) is -0.761. The van der Waals surface area contributed by atoms with Crippen LogP contribution in [0.5, 0.6) is 0 Å². The van der Waals surface area contributed by atoms with Gasteiger partial charge in [0.05, 0.1) is 24.0 Å². The van der Waals surface area contributed by atoms with Crippen LogP contribution in [0.2, 0.25) is 0 Å². The van der Waals surface area contributed by atoms with Gasteiger partial charge in [-0.1, -0.05) is 0 Å². The van der Waals surface area contributed by atoms with Crippen molar-refractivity contribution in [1.29, 1.82) is 0 Å². The van der Waals surface area contributed by atoms with E-state index < -0.39 is 11.4 Å². The summed E-state index contributed by atoms with van der Waals surface area (Å²) >= 11 is 1.63. The van der Waals surface area contributed by atoms with Gasteiger partial charge in [-0.25, -0.2) is 0 Å². The first-order chi connectivity index (χ1) is 7.42. The summed E-state index contributed by atoms with van der Waals surface area (Å²) in [6.07, 6.45) is 0. The number of thiophene rings is 1. The Kier molecular flexibility index (Phi) is 2.59. The third-order valence-electron chi connectivity index (χ3n) is 3.72. The predicted molar refractivity (Wildman–Crippen MR) is 63.0 cm³/mol. The van der Waals surface area contributed by atoms with Crippen LogP contribution in [0.4, 0.5) is 0 Å². The second kappa shape index (κ2) is 3.57. The zero-order valence-corrected chi connectivity index (χ0v) is 10.6. The normalized spacial score (nSPS) is 19.2. The summed E-state index contributed by atoms with van der Waals surface area (Å²) in [6, 6.07) is 2.04. The summed E-state index contributed by atoms with van der Waals surface area (Å²) in [4.78, 5) is 12.6. The topological polar surface area (TPSA) is 46.5 Å². The number of hydrogen-bond donors (Lipinski definition) is 1. The molecule has 88 valence electrons. The quantitative estimate of drug-likeness (QED) is 0.882. The molecule has 0 radical (unpaired) electrons. The van der Waals surface area contributed by atoms with Gasteiger partial charge in [-0.2, -0.15) is 0 Å². The lowest BCUT2D eigenvalue weighted by molar-refractivity contribution is -0.170. The van der Waals surface area contributed by atoms with Gasteiger partial charge < -0.3 is 9.84 Å². The molecule has 0 amide bonds. The Balaban J connectivity index is 2.49. The molecule has 1 saturated heterocycles. The Labute approximate surface area is 99.1 Å². The lowest BCUT2D eigenvalue weighted by Gasteiger charge is -2.50. The number of aryl methyl sites for hydroxylation is 1. The van der Waals surface area contributed by atoms with Gasteiger partial charge in [-0.15, -0.1) is 11.3 Å². The van der Waals surface area contributed by atoms with Crippen molar-refractivity contribution in [1.82, 2.24) is 0 Å². The van der Waals surface area contributed by atoms with Crippen LogP contribution in [-0.4, -0.2) is 24.3 Å². The zero-order valence-electron chi connectivity index (χ0n) is 9.74. The Morgan fingerprint density at radius 3 is 2.50 bits per heavy atom. The average Bonchev–Trinajstić information content (AvgIpc) is 2.50. The number of carboxylic acid groups (broad SMARTS) is 1. The number of aliphatic carboxylic acids is 1. The smallest absolute Gasteiger partial charge is 0.310 e. The molecule has 1 aromatic heterocycles. The minimum Gasteiger partial charge on any atom is -0.481 e. The van der Waals surface area contributed by atoms with Crippen LogP contribution in [0.15, 0.2) is 11.4 Å². The van der Waals surface area contributed by atoms with E-state index in [2.05, 4.69) is 0 Å². The molecule has 0 bridgehead atoms. The van der Waals surface area contributed by atoms with Crippen molar-refractivity contribution < 1.29 is 14.6 Å². The van der Waals surface area contributed by atoms with Crippen LogP contribution in [0.1, 0.15) is 24.3 Å². The average molecular weight is 240 g/mol. The lowest BCUT2D eigenvalue weighted by atomic mass is 9.62. The molecule has 0 aromatic carbocycles. The van der Waals surface area contributed by atoms with Gasteiger partial charge in [0, 0.05) is 4.88 Å². The SMILES string of the molecule is Cc1ccsc1C1(C(C)(C)C(=O)O)COC1. The number of carbonyl (C=O) groups is 1. The summed E-state index contributed by atoms with van der Waals surface area (Å²) < 4.78 is 5.30. The van der Waals surface area contributed by atoms with Crippen molar-refractivity contribution in [2.24, 2.45) is 5.41 Å². The molecule has 0 aliphatic carbocycles. The van der Waals surface area contributed by atoms with E-state index >= 15 is 0 Å². The van der Waals surface area contributed by atoms with Crippen molar-refractivity contribution >= 4 is 17.3 Å². The first-order valence-corrected chi connectivity index (χ1v) is 6.15. The van der Waals surface area contributed by atoms with Crippen LogP contribution in [-0.2, 0) is 14.9 Å². The van der Waals surface area contributed by atoms with Crippen molar-refractivity contribution in [3.05, 3.63) is 21.9 Å². The highest BCUT2D eigenvalue weighted by Gasteiger charge is 2.57. The highest BCUT2D eigenvalue weighted by Crippen LogP contribution is 2.50. The largest absolute Gasteiger partial charge is 0.481 e. The van der Waals surface area contributed by atoms with E-state index in [9.17, 15) is 9.90 Å². The van der Waals surface area contributed by atoms with Crippen molar-refractivity contribution in [2.75, 3.05) is 13.2 Å². The third kappa shape index (κ3) is 1.33. The molecule has 1 N–H and O–H groups in total. The molecule has 0 atom stereocenters. The standard InChI is InChI=1S/C12H16O3S/c1-8-4-5-16-9(8)12(6-15-7-12)11(2,3)10(13)14/h4-5H,6-7H2,1-3H3,(H,13,14). The lowest BCUT2D eigenvalue weighted by Crippen LogP contribution is -2.59. The molecule has 3 nitrogen and oxygen atoms in total. The number of rotatable bonds is 3. The number of ether oxygens (including phenoxy) is 1. The molecule has 1 aliphatic rings. The summed E-state index contributed by atoms with van der Waals surface area (Å²) in [5, 5.41) is 11.4. The van der Waals surface area contributed by atoms with Crippen LogP contribution in [0.3, 0.4) is 0 Å². The first-order valence-electron chi connectivity index (χ1n) is 5.27. The van der Waals surface area contributed by atoms with E-state index in [1.165, 1.54) is 5.56 Å². The molecule has 1 aromatic rings. The molecule has 1 aliphatic heterocycles. The van der Waals surface area contributed by atoms with Crippen LogP contribution >= 0.6 is 11.3 Å². The Bertz CT molecular complexity index is 416. The fraction of sp³-hybridized carbons (Fsp3) is 0.583. The Hall–Kier alpha value is -0.870. The van der Waals surface area contributed by atoms with Gasteiger partial charge in [0.2, 0.25) is 0 Å². The second-order valence-corrected chi connectivity index (χ2v) is 5.85. The van der Waals surface area contributed by atoms with E-state index in [-0.39, 0.29) is 5.41 Å². The molecule has 4 heteroatoms. The molecule has 0 unspecified atom stereocenters. The molecular formula is C12H16O3S. The van der Waals surface area contributed by atoms with E-state index in [0.717, 1.165) is 4.88 Å². The van der Waals surface area contributed by atoms with E-state index in [0.29, 0.717) is 13.2 Å². The van der Waals surface area contributed by atoms with Crippen molar-refractivity contribution in [2.45, 2.75) is 26.2 Å². The zero-order chi connectivity index (χ0) is 12.0. The highest BCUT2D eigenvalue weighted by molar-refractivity contribution is 7.10. The monoisotopic (exact) mass is 240 g/mol. The van der Waals surface area contributed by atoms with Gasteiger partial charge in [0.1, 0.15) is 0 Å². The van der Waals surface area contributed by atoms with Crippen LogP contribution in [0, 0.1) is 12.3 Å². The van der Waals surface area contributed by atoms with E-state index in [1.807, 2.05) is 18.4 Å². The molecular weight excluding hydrogens is 224 g/mol. The molecule has 2 rings (SSSR count). The number of carboxylic acids is 1. The first kappa shape index (κ1) is 11.6. The van der Waals surface area contributed by atoms with Crippen molar-refractivity contribution in [3.8, 4) is 0 Å². The van der Waals surface area contributed by atoms with Crippen LogP contribution in [0.25, 0.3) is 0 Å². The molecule has 2 heterocycles.